The summed E-state index contributed by atoms with van der Waals surface area (Å²) in [6.07, 6.45) is 44.9. The molecule has 0 saturated carbocycles. The van der Waals surface area contributed by atoms with E-state index in [1.54, 1.807) is 37.2 Å². The van der Waals surface area contributed by atoms with Gasteiger partial charge in [-0.05, 0) is 104 Å². The Morgan fingerprint density at radius 1 is 0.410 bits per heavy atom. The Hall–Kier alpha value is -1.20. The van der Waals surface area contributed by atoms with Gasteiger partial charge in [0.05, 0.1) is 33.5 Å². The summed E-state index contributed by atoms with van der Waals surface area (Å²) in [6, 6.07) is 10.0. The molecular weight excluding hydrogens is 1300 g/mol. The zero-order valence-electron chi connectivity index (χ0n) is 47.8. The van der Waals surface area contributed by atoms with Crippen LogP contribution in [0.4, 0.5) is 8.78 Å². The molecule has 0 amide bonds. The Balaban J connectivity index is 0.000000316. The standard InChI is InChI=1S/C38H55FN2S3.C16H27S.C6HBr2FN2S.CH4.3CH3.Sn/c1-3-5-7-9-11-13-15-17-19-21-23-30-25-34(42-28-30)32-27-33(39)36(38-37(32)40-44-41-38)35-26-31(29-43-35)24-22-20-18-16-14-12-10-8-6-4-2;1-2-3-4-5-6-7-8-9-10-11-12-16-13-14-17-15-16;7-2-1-3(9)4(8)6-5(2)10-12-11-6;;;;;/h25-29H,3-24H2,1-2H3;13,15H,2-12H2,1H3;1H;1H4;3*1H3;. The summed E-state index contributed by atoms with van der Waals surface area (Å²) in [5, 5.41) is 6.88. The molecule has 0 saturated heterocycles. The van der Waals surface area contributed by atoms with Crippen LogP contribution in [-0.2, 0) is 19.3 Å². The molecule has 0 spiro atoms. The zero-order chi connectivity index (χ0) is 55.1. The van der Waals surface area contributed by atoms with E-state index in [9.17, 15) is 4.39 Å². The molecule has 0 atom stereocenters. The fourth-order valence-electron chi connectivity index (χ4n) is 9.81. The van der Waals surface area contributed by atoms with E-state index in [-0.39, 0.29) is 19.1 Å². The average molecular weight is 1400 g/mol. The minimum absolute atomic E-state index is 0. The quantitative estimate of drug-likeness (QED) is 0.0223. The smallest absolute Gasteiger partial charge is 0.140 e. The van der Waals surface area contributed by atoms with Gasteiger partial charge in [0.15, 0.2) is 0 Å². The van der Waals surface area contributed by atoms with Crippen LogP contribution in [0, 0.1) is 11.6 Å². The van der Waals surface area contributed by atoms with Crippen LogP contribution in [0.3, 0.4) is 0 Å². The maximum absolute atomic E-state index is 15.8. The number of rotatable bonds is 36. The number of hydrogen-bond donors (Lipinski definition) is 0. The number of nitrogens with zero attached hydrogens (tertiary/aromatic N) is 4. The first-order chi connectivity index (χ1) is 37.4. The molecular formula is C64H96Br2F2N4S5Sn. The summed E-state index contributed by atoms with van der Waals surface area (Å²) in [6.45, 7) is 6.85. The summed E-state index contributed by atoms with van der Waals surface area (Å²) < 4.78 is 48.7. The van der Waals surface area contributed by atoms with E-state index in [1.165, 1.54) is 228 Å². The van der Waals surface area contributed by atoms with Crippen molar-refractivity contribution in [3.05, 3.63) is 83.7 Å². The molecule has 0 bridgehead atoms. The van der Waals surface area contributed by atoms with Gasteiger partial charge < -0.3 is 0 Å². The van der Waals surface area contributed by atoms with E-state index in [1.807, 2.05) is 11.3 Å². The van der Waals surface area contributed by atoms with E-state index < -0.39 is 18.4 Å². The number of unbranched alkanes of at least 4 members (excludes halogenated alkanes) is 27. The Morgan fingerprint density at radius 2 is 0.782 bits per heavy atom. The predicted octanol–water partition coefficient (Wildman–Crippen LogP) is 25.0. The van der Waals surface area contributed by atoms with Gasteiger partial charge in [-0.2, -0.15) is 17.5 Å². The van der Waals surface area contributed by atoms with Crippen molar-refractivity contribution >= 4 is 133 Å². The molecule has 7 rings (SSSR count). The summed E-state index contributed by atoms with van der Waals surface area (Å²) in [5.41, 5.74) is 8.60. The summed E-state index contributed by atoms with van der Waals surface area (Å²) in [7, 11) is 0. The second kappa shape index (κ2) is 40.1. The summed E-state index contributed by atoms with van der Waals surface area (Å²) >= 11 is 12.2. The van der Waals surface area contributed by atoms with Crippen LogP contribution in [0.25, 0.3) is 42.9 Å². The van der Waals surface area contributed by atoms with Crippen LogP contribution in [0.5, 0.6) is 0 Å². The van der Waals surface area contributed by atoms with Gasteiger partial charge in [0, 0.05) is 19.8 Å². The second-order valence-electron chi connectivity index (χ2n) is 22.4. The Morgan fingerprint density at radius 3 is 1.23 bits per heavy atom. The van der Waals surface area contributed by atoms with Crippen molar-refractivity contribution < 1.29 is 8.78 Å². The van der Waals surface area contributed by atoms with Crippen molar-refractivity contribution in [1.29, 1.82) is 0 Å². The molecule has 5 heterocycles. The minimum atomic E-state index is -1.79. The first-order valence-electron chi connectivity index (χ1n) is 29.9. The van der Waals surface area contributed by atoms with E-state index in [4.69, 9.17) is 0 Å². The van der Waals surface area contributed by atoms with Gasteiger partial charge in [0.1, 0.15) is 33.7 Å². The molecule has 0 N–H and O–H groups in total. The number of aryl methyl sites for hydroxylation is 3. The topological polar surface area (TPSA) is 51.6 Å². The predicted molar refractivity (Wildman–Crippen MR) is 357 cm³/mol. The Kier molecular flexibility index (Phi) is 35.7. The number of thiophene rings is 3. The normalized spacial score (nSPS) is 11.5. The fourth-order valence-corrected chi connectivity index (χ4v) is 20.3. The molecule has 2 aromatic carbocycles. The Bertz CT molecular complexity index is 2670. The van der Waals surface area contributed by atoms with Crippen molar-refractivity contribution in [2.75, 3.05) is 0 Å². The molecule has 7 aromatic rings. The van der Waals surface area contributed by atoms with Gasteiger partial charge in [-0.15, -0.1) is 22.7 Å². The number of aromatic nitrogens is 4. The first kappa shape index (κ1) is 69.3. The molecule has 0 aliphatic carbocycles. The van der Waals surface area contributed by atoms with Crippen molar-refractivity contribution in [2.45, 2.75) is 255 Å². The van der Waals surface area contributed by atoms with Crippen LogP contribution in [0.15, 0.2) is 55.4 Å². The summed E-state index contributed by atoms with van der Waals surface area (Å²) in [4.78, 5) is 9.63. The van der Waals surface area contributed by atoms with Crippen LogP contribution in [0.2, 0.25) is 14.8 Å². The minimum Gasteiger partial charge on any atom is -0.206 e. The molecule has 0 unspecified atom stereocenters. The molecule has 0 aliphatic rings. The van der Waals surface area contributed by atoms with Crippen molar-refractivity contribution in [2.24, 2.45) is 0 Å². The van der Waals surface area contributed by atoms with Gasteiger partial charge >= 0.3 is 122 Å². The number of fused-ring (bicyclic) bond motifs is 2. The SMILES string of the molecule is C.CCCCCCCCCCCCc1cs[c]([Sn]([CH3])([CH3])[CH3])c1.CCCCCCCCCCCCc1csc(-c2cc(F)c(-c3cc(CCCCCCCCCCCC)cs3)c3nsnc23)c1.Fc1cc(Br)c2nsnc2c1Br. The van der Waals surface area contributed by atoms with E-state index in [0.29, 0.717) is 31.1 Å². The monoisotopic (exact) mass is 1400 g/mol. The third-order valence-electron chi connectivity index (χ3n) is 14.5. The van der Waals surface area contributed by atoms with Crippen molar-refractivity contribution in [3.8, 4) is 20.9 Å². The third-order valence-corrected chi connectivity index (χ3v) is 29.5. The van der Waals surface area contributed by atoms with Gasteiger partial charge in [-0.3, -0.25) is 0 Å². The van der Waals surface area contributed by atoms with Crippen LogP contribution in [-0.4, -0.2) is 35.9 Å². The third kappa shape index (κ3) is 24.9. The van der Waals surface area contributed by atoms with E-state index in [0.717, 1.165) is 45.4 Å². The van der Waals surface area contributed by atoms with Crippen LogP contribution < -0.4 is 2.89 Å². The first-order valence-corrected chi connectivity index (χ1v) is 45.6. The van der Waals surface area contributed by atoms with Crippen molar-refractivity contribution in [3.63, 3.8) is 0 Å². The molecule has 0 aliphatic heterocycles. The molecule has 0 fully saturated rings. The van der Waals surface area contributed by atoms with Crippen molar-refractivity contribution in [1.82, 2.24) is 17.5 Å². The van der Waals surface area contributed by atoms with Gasteiger partial charge in [0.25, 0.3) is 0 Å². The Labute approximate surface area is 513 Å². The van der Waals surface area contributed by atoms with Crippen LogP contribution >= 0.6 is 89.3 Å². The molecule has 14 heteroatoms. The maximum atomic E-state index is 15.8. The zero-order valence-corrected chi connectivity index (χ0v) is 57.9. The van der Waals surface area contributed by atoms with Gasteiger partial charge in [-0.1, -0.05) is 157 Å². The molecule has 434 valence electrons. The van der Waals surface area contributed by atoms with E-state index in [2.05, 4.69) is 119 Å². The molecule has 4 nitrogen and oxygen atoms in total. The van der Waals surface area contributed by atoms with Gasteiger partial charge in [0.2, 0.25) is 0 Å². The second-order valence-corrected chi connectivity index (χ2v) is 43.2. The van der Waals surface area contributed by atoms with Crippen LogP contribution in [0.1, 0.15) is 238 Å². The van der Waals surface area contributed by atoms with E-state index >= 15 is 4.39 Å². The molecule has 0 radical (unpaired) electrons. The van der Waals surface area contributed by atoms with Gasteiger partial charge in [-0.25, -0.2) is 8.78 Å². The molecule has 78 heavy (non-hydrogen) atoms. The fraction of sp³-hybridized carbons (Fsp3) is 0.625. The number of benzene rings is 2. The maximum Gasteiger partial charge on any atom is 0.140 e. The number of hydrogen-bond acceptors (Lipinski definition) is 9. The largest absolute Gasteiger partial charge is 0.206 e. The number of halogens is 4. The average Bonchev–Trinajstić information content (AvgIpc) is 4.29. The summed E-state index contributed by atoms with van der Waals surface area (Å²) in [5.74, 6) is -0.515. The molecule has 5 aromatic heterocycles.